The molecule has 0 rings (SSSR count). The molecule has 5 nitrogen and oxygen atoms in total. The number of nitrogens with zero attached hydrogens (tertiary/aromatic N) is 1. The molecule has 0 aromatic heterocycles. The molecule has 0 amide bonds. The first-order valence-electron chi connectivity index (χ1n) is 9.88. The Morgan fingerprint density at radius 1 is 0.920 bits per heavy atom. The van der Waals surface area contributed by atoms with Crippen LogP contribution in [0, 0.1) is 0 Å². The van der Waals surface area contributed by atoms with Crippen molar-refractivity contribution in [2.75, 3.05) is 34.3 Å². The molecule has 0 aromatic rings. The van der Waals surface area contributed by atoms with Gasteiger partial charge in [0.05, 0.1) is 21.1 Å². The van der Waals surface area contributed by atoms with Crippen molar-refractivity contribution in [1.29, 1.82) is 0 Å². The first-order chi connectivity index (χ1) is 11.7. The standard InChI is InChI=1S/C20H39NO4/c1-5-6-7-8-9-10-11-12-13-14-18(22)17-25-19(15-20(23)24)16-21(2,3)4/h19H,5-17H2,1-4H3. The lowest BCUT2D eigenvalue weighted by Gasteiger charge is -2.29. The van der Waals surface area contributed by atoms with Gasteiger partial charge in [-0.25, -0.2) is 0 Å². The van der Waals surface area contributed by atoms with Crippen molar-refractivity contribution in [3.8, 4) is 0 Å². The number of rotatable bonds is 17. The van der Waals surface area contributed by atoms with E-state index in [-0.39, 0.29) is 18.8 Å². The highest BCUT2D eigenvalue weighted by Gasteiger charge is 2.20. The second-order valence-corrected chi connectivity index (χ2v) is 8.10. The molecule has 148 valence electrons. The Bertz CT molecular complexity index is 363. The Balaban J connectivity index is 3.76. The zero-order chi connectivity index (χ0) is 19.1. The summed E-state index contributed by atoms with van der Waals surface area (Å²) in [4.78, 5) is 22.7. The number of aliphatic carboxylic acids is 1. The van der Waals surface area contributed by atoms with Gasteiger partial charge in [-0.1, -0.05) is 58.3 Å². The number of carboxylic acids is 1. The molecule has 0 aliphatic rings. The summed E-state index contributed by atoms with van der Waals surface area (Å²) in [7, 11) is 5.90. The molecule has 1 atom stereocenters. The van der Waals surface area contributed by atoms with Crippen LogP contribution in [0.1, 0.15) is 77.6 Å². The zero-order valence-electron chi connectivity index (χ0n) is 16.8. The van der Waals surface area contributed by atoms with Gasteiger partial charge in [-0.2, -0.15) is 0 Å². The molecule has 0 aromatic carbocycles. The number of carboxylic acid groups (broad SMARTS) is 1. The van der Waals surface area contributed by atoms with Crippen LogP contribution in [0.15, 0.2) is 0 Å². The van der Waals surface area contributed by atoms with Gasteiger partial charge in [0.1, 0.15) is 19.3 Å². The van der Waals surface area contributed by atoms with Gasteiger partial charge < -0.3 is 19.1 Å². The number of hydrogen-bond donors (Lipinski definition) is 0. The van der Waals surface area contributed by atoms with Crippen molar-refractivity contribution in [3.05, 3.63) is 0 Å². The van der Waals surface area contributed by atoms with Gasteiger partial charge in [-0.3, -0.25) is 4.79 Å². The van der Waals surface area contributed by atoms with Crippen molar-refractivity contribution in [3.63, 3.8) is 0 Å². The van der Waals surface area contributed by atoms with Crippen molar-refractivity contribution < 1.29 is 23.9 Å². The van der Waals surface area contributed by atoms with E-state index in [4.69, 9.17) is 4.74 Å². The summed E-state index contributed by atoms with van der Waals surface area (Å²) in [6.45, 7) is 2.78. The Morgan fingerprint density at radius 2 is 1.44 bits per heavy atom. The number of likely N-dealkylation sites (N-methyl/N-ethyl adjacent to an activating group) is 1. The fraction of sp³-hybridized carbons (Fsp3) is 0.900. The zero-order valence-corrected chi connectivity index (χ0v) is 16.8. The van der Waals surface area contributed by atoms with Crippen LogP contribution < -0.4 is 5.11 Å². The Hall–Kier alpha value is -0.940. The van der Waals surface area contributed by atoms with E-state index in [1.807, 2.05) is 21.1 Å². The molecule has 0 saturated heterocycles. The van der Waals surface area contributed by atoms with Crippen molar-refractivity contribution in [1.82, 2.24) is 0 Å². The average Bonchev–Trinajstić information content (AvgIpc) is 2.49. The quantitative estimate of drug-likeness (QED) is 0.296. The van der Waals surface area contributed by atoms with E-state index in [1.54, 1.807) is 0 Å². The van der Waals surface area contributed by atoms with Crippen LogP contribution in [0.5, 0.6) is 0 Å². The maximum Gasteiger partial charge on any atom is 0.158 e. The molecular formula is C20H39NO4. The van der Waals surface area contributed by atoms with E-state index in [9.17, 15) is 14.7 Å². The van der Waals surface area contributed by atoms with Crippen LogP contribution in [0.25, 0.3) is 0 Å². The number of unbranched alkanes of at least 4 members (excludes halogenated alkanes) is 8. The molecule has 1 unspecified atom stereocenters. The van der Waals surface area contributed by atoms with Gasteiger partial charge in [0.2, 0.25) is 0 Å². The lowest BCUT2D eigenvalue weighted by molar-refractivity contribution is -0.873. The Kier molecular flexibility index (Phi) is 13.7. The van der Waals surface area contributed by atoms with Crippen LogP contribution in [-0.2, 0) is 14.3 Å². The van der Waals surface area contributed by atoms with Crippen LogP contribution in [0.4, 0.5) is 0 Å². The molecule has 0 bridgehead atoms. The molecule has 0 spiro atoms. The third kappa shape index (κ3) is 17.7. The SMILES string of the molecule is CCCCCCCCCCCC(=O)COC(CC(=O)[O-])C[N+](C)(C)C. The second-order valence-electron chi connectivity index (χ2n) is 8.10. The van der Waals surface area contributed by atoms with Crippen molar-refractivity contribution in [2.24, 2.45) is 0 Å². The van der Waals surface area contributed by atoms with Gasteiger partial charge in [-0.05, 0) is 6.42 Å². The molecular weight excluding hydrogens is 318 g/mol. The number of ether oxygens (including phenoxy) is 1. The number of quaternary nitrogens is 1. The summed E-state index contributed by atoms with van der Waals surface area (Å²) in [6.07, 6.45) is 10.9. The normalized spacial score (nSPS) is 13.0. The number of carbonyl (C=O) groups excluding carboxylic acids is 2. The molecule has 0 saturated carbocycles. The first kappa shape index (κ1) is 24.1. The van der Waals surface area contributed by atoms with E-state index in [1.165, 1.54) is 44.9 Å². The number of hydrogen-bond acceptors (Lipinski definition) is 4. The van der Waals surface area contributed by atoms with Crippen molar-refractivity contribution in [2.45, 2.75) is 83.7 Å². The van der Waals surface area contributed by atoms with Crippen molar-refractivity contribution >= 4 is 11.8 Å². The van der Waals surface area contributed by atoms with Crippen LogP contribution in [-0.4, -0.2) is 56.6 Å². The van der Waals surface area contributed by atoms with Gasteiger partial charge in [0.25, 0.3) is 0 Å². The summed E-state index contributed by atoms with van der Waals surface area (Å²) in [5.41, 5.74) is 0. The van der Waals surface area contributed by atoms with E-state index in [2.05, 4.69) is 6.92 Å². The first-order valence-corrected chi connectivity index (χ1v) is 9.88. The molecule has 0 N–H and O–H groups in total. The topological polar surface area (TPSA) is 66.4 Å². The lowest BCUT2D eigenvalue weighted by atomic mass is 10.1. The third-order valence-corrected chi connectivity index (χ3v) is 4.18. The molecule has 0 aliphatic carbocycles. The van der Waals surface area contributed by atoms with Gasteiger partial charge in [0.15, 0.2) is 5.78 Å². The summed E-state index contributed by atoms with van der Waals surface area (Å²) >= 11 is 0. The average molecular weight is 358 g/mol. The lowest BCUT2D eigenvalue weighted by Crippen LogP contribution is -2.45. The van der Waals surface area contributed by atoms with E-state index in [0.29, 0.717) is 17.4 Å². The highest BCUT2D eigenvalue weighted by Crippen LogP contribution is 2.11. The predicted molar refractivity (Wildman–Crippen MR) is 99.1 cm³/mol. The minimum absolute atomic E-state index is 0.00889. The summed E-state index contributed by atoms with van der Waals surface area (Å²) in [5.74, 6) is -1.07. The summed E-state index contributed by atoms with van der Waals surface area (Å²) in [6, 6.07) is 0. The molecule has 5 heteroatoms. The van der Waals surface area contributed by atoms with E-state index < -0.39 is 12.1 Å². The van der Waals surface area contributed by atoms with Gasteiger partial charge >= 0.3 is 0 Å². The second kappa shape index (κ2) is 14.3. The third-order valence-electron chi connectivity index (χ3n) is 4.18. The summed E-state index contributed by atoms with van der Waals surface area (Å²) < 4.78 is 6.13. The Morgan fingerprint density at radius 3 is 1.92 bits per heavy atom. The van der Waals surface area contributed by atoms with Crippen LogP contribution >= 0.6 is 0 Å². The smallest absolute Gasteiger partial charge is 0.158 e. The maximum absolute atomic E-state index is 11.9. The minimum Gasteiger partial charge on any atom is -0.550 e. The van der Waals surface area contributed by atoms with E-state index in [0.717, 1.165) is 12.8 Å². The molecule has 0 aliphatic heterocycles. The number of carbonyl (C=O) groups is 2. The highest BCUT2D eigenvalue weighted by molar-refractivity contribution is 5.79. The molecule has 0 radical (unpaired) electrons. The number of ketones is 1. The van der Waals surface area contributed by atoms with Crippen LogP contribution in [0.3, 0.4) is 0 Å². The van der Waals surface area contributed by atoms with Gasteiger partial charge in [-0.15, -0.1) is 0 Å². The fourth-order valence-electron chi connectivity index (χ4n) is 2.89. The highest BCUT2D eigenvalue weighted by atomic mass is 16.5. The molecule has 0 heterocycles. The minimum atomic E-state index is -1.13. The van der Waals surface area contributed by atoms with Crippen LogP contribution in [0.2, 0.25) is 0 Å². The van der Waals surface area contributed by atoms with Gasteiger partial charge in [0, 0.05) is 18.8 Å². The maximum atomic E-state index is 11.9. The molecule has 0 fully saturated rings. The fourth-order valence-corrected chi connectivity index (χ4v) is 2.89. The Labute approximate surface area is 154 Å². The monoisotopic (exact) mass is 357 g/mol. The largest absolute Gasteiger partial charge is 0.550 e. The molecule has 25 heavy (non-hydrogen) atoms. The summed E-state index contributed by atoms with van der Waals surface area (Å²) in [5, 5.41) is 10.8. The predicted octanol–water partition coefficient (Wildman–Crippen LogP) is 2.71. The number of Topliss-reactive ketones (excluding diaryl/α,β-unsaturated/α-hetero) is 1. The van der Waals surface area contributed by atoms with E-state index >= 15 is 0 Å².